The summed E-state index contributed by atoms with van der Waals surface area (Å²) in [6.45, 7) is 0. The quantitative estimate of drug-likeness (QED) is 0.306. The fourth-order valence-electron chi connectivity index (χ4n) is 4.46. The van der Waals surface area contributed by atoms with Gasteiger partial charge in [-0.2, -0.15) is 0 Å². The van der Waals surface area contributed by atoms with Crippen LogP contribution in [-0.4, -0.2) is 30.1 Å². The number of fused-ring (bicyclic) bond motifs is 4. The van der Waals surface area contributed by atoms with Crippen LogP contribution in [0.15, 0.2) is 97.1 Å². The van der Waals surface area contributed by atoms with Gasteiger partial charge in [0.05, 0.1) is 22.1 Å². The van der Waals surface area contributed by atoms with E-state index in [4.69, 9.17) is 19.9 Å². The van der Waals surface area contributed by atoms with Gasteiger partial charge in [0.1, 0.15) is 11.5 Å². The summed E-state index contributed by atoms with van der Waals surface area (Å²) >= 11 is 0. The molecule has 0 unspecified atom stereocenters. The first-order valence-electron chi connectivity index (χ1n) is 11.4. The number of benzene rings is 4. The van der Waals surface area contributed by atoms with Gasteiger partial charge in [-0.05, 0) is 72.8 Å². The van der Waals surface area contributed by atoms with Crippen LogP contribution in [0.1, 0.15) is 0 Å². The van der Waals surface area contributed by atoms with Crippen LogP contribution in [0.3, 0.4) is 0 Å². The highest BCUT2D eigenvalue weighted by Crippen LogP contribution is 2.51. The molecule has 0 saturated carbocycles. The minimum Gasteiger partial charge on any atom is -0.508 e. The number of phenolic OH excluding ortho intramolecular Hbond substituents is 2. The number of nitrogens with zero attached hydrogens (tertiary/aromatic N) is 6. The van der Waals surface area contributed by atoms with Gasteiger partial charge in [0.25, 0.3) is 0 Å². The van der Waals surface area contributed by atoms with Gasteiger partial charge in [-0.1, -0.05) is 24.3 Å². The Morgan fingerprint density at radius 3 is 0.944 bits per heavy atom. The summed E-state index contributed by atoms with van der Waals surface area (Å²) in [5.41, 5.74) is 4.47. The third kappa shape index (κ3) is 3.08. The monoisotopic (exact) mass is 470 g/mol. The summed E-state index contributed by atoms with van der Waals surface area (Å²) in [5, 5.41) is 19.9. The van der Waals surface area contributed by atoms with Crippen LogP contribution < -0.4 is 9.80 Å². The molecule has 1 aliphatic heterocycles. The molecule has 0 fully saturated rings. The van der Waals surface area contributed by atoms with Gasteiger partial charge >= 0.3 is 0 Å². The molecule has 0 aliphatic carbocycles. The van der Waals surface area contributed by atoms with E-state index in [1.165, 1.54) is 0 Å². The summed E-state index contributed by atoms with van der Waals surface area (Å²) in [6.07, 6.45) is 0. The second kappa shape index (κ2) is 7.64. The van der Waals surface area contributed by atoms with Gasteiger partial charge in [0.2, 0.25) is 0 Å². The van der Waals surface area contributed by atoms with E-state index in [0.29, 0.717) is 23.3 Å². The molecule has 0 atom stereocenters. The molecular formula is C28H18N6O2. The molecule has 0 bridgehead atoms. The van der Waals surface area contributed by atoms with Crippen molar-refractivity contribution in [3.63, 3.8) is 0 Å². The molecule has 36 heavy (non-hydrogen) atoms. The number of rotatable bonds is 2. The maximum atomic E-state index is 9.94. The second-order valence-corrected chi connectivity index (χ2v) is 8.42. The third-order valence-corrected chi connectivity index (χ3v) is 6.13. The van der Waals surface area contributed by atoms with E-state index in [9.17, 15) is 10.2 Å². The largest absolute Gasteiger partial charge is 0.508 e. The average molecular weight is 470 g/mol. The number of aromatic nitrogens is 4. The summed E-state index contributed by atoms with van der Waals surface area (Å²) in [6, 6.07) is 29.2. The van der Waals surface area contributed by atoms with Crippen molar-refractivity contribution < 1.29 is 10.2 Å². The van der Waals surface area contributed by atoms with Crippen LogP contribution >= 0.6 is 0 Å². The van der Waals surface area contributed by atoms with E-state index in [1.807, 2.05) is 82.6 Å². The molecule has 3 heterocycles. The van der Waals surface area contributed by atoms with Crippen molar-refractivity contribution in [2.45, 2.75) is 0 Å². The molecule has 7 rings (SSSR count). The molecule has 1 aliphatic rings. The Balaban J connectivity index is 1.60. The van der Waals surface area contributed by atoms with Gasteiger partial charge in [-0.25, -0.2) is 19.9 Å². The molecule has 8 nitrogen and oxygen atoms in total. The summed E-state index contributed by atoms with van der Waals surface area (Å²) in [5.74, 6) is 2.62. The lowest BCUT2D eigenvalue weighted by molar-refractivity contribution is 0.475. The molecule has 6 aromatic rings. The first-order chi connectivity index (χ1) is 17.7. The Labute approximate surface area is 205 Å². The zero-order valence-corrected chi connectivity index (χ0v) is 18.8. The average Bonchev–Trinajstić information content (AvgIpc) is 2.91. The fourth-order valence-corrected chi connectivity index (χ4v) is 4.46. The van der Waals surface area contributed by atoms with Crippen molar-refractivity contribution >= 4 is 56.7 Å². The highest BCUT2D eigenvalue weighted by molar-refractivity contribution is 6.00. The summed E-state index contributed by atoms with van der Waals surface area (Å²) in [4.78, 5) is 23.9. The number of aromatic hydroxyl groups is 2. The van der Waals surface area contributed by atoms with E-state index in [0.717, 1.165) is 33.4 Å². The highest BCUT2D eigenvalue weighted by Gasteiger charge is 2.36. The molecule has 2 aromatic heterocycles. The lowest BCUT2D eigenvalue weighted by Crippen LogP contribution is -2.28. The Kier molecular flexibility index (Phi) is 4.28. The van der Waals surface area contributed by atoms with Crippen molar-refractivity contribution in [2.75, 3.05) is 9.80 Å². The topological polar surface area (TPSA) is 98.5 Å². The van der Waals surface area contributed by atoms with Gasteiger partial charge in [-0.3, -0.25) is 9.80 Å². The standard InChI is InChI=1S/C28H18N6O2/c35-19-13-9-17(10-14-19)33-25-26(30-22-6-2-1-5-21(22)29-25)34(18-11-15-20(36)16-12-18)28-27(33)31-23-7-3-4-8-24(23)32-28/h1-16,35-36H. The van der Waals surface area contributed by atoms with Crippen LogP contribution in [0.4, 0.5) is 34.6 Å². The van der Waals surface area contributed by atoms with Crippen LogP contribution in [0.5, 0.6) is 11.5 Å². The Hall–Kier alpha value is -5.24. The van der Waals surface area contributed by atoms with Gasteiger partial charge in [0.15, 0.2) is 23.3 Å². The van der Waals surface area contributed by atoms with Crippen LogP contribution in [0.25, 0.3) is 22.1 Å². The van der Waals surface area contributed by atoms with Crippen LogP contribution in [0, 0.1) is 0 Å². The zero-order chi connectivity index (χ0) is 24.2. The third-order valence-electron chi connectivity index (χ3n) is 6.13. The Morgan fingerprint density at radius 2 is 0.667 bits per heavy atom. The zero-order valence-electron chi connectivity index (χ0n) is 18.8. The number of hydrogen-bond acceptors (Lipinski definition) is 8. The van der Waals surface area contributed by atoms with Gasteiger partial charge < -0.3 is 10.2 Å². The molecule has 8 heteroatoms. The summed E-state index contributed by atoms with van der Waals surface area (Å²) in [7, 11) is 0. The van der Waals surface area contributed by atoms with Crippen molar-refractivity contribution in [3.8, 4) is 11.5 Å². The molecule has 0 radical (unpaired) electrons. The number of phenols is 2. The van der Waals surface area contributed by atoms with Gasteiger partial charge in [-0.15, -0.1) is 0 Å². The lowest BCUT2D eigenvalue weighted by Gasteiger charge is -2.36. The number of anilines is 6. The number of hydrogen-bond donors (Lipinski definition) is 2. The molecule has 0 amide bonds. The molecular weight excluding hydrogens is 452 g/mol. The predicted octanol–water partition coefficient (Wildman–Crippen LogP) is 6.24. The van der Waals surface area contributed by atoms with Crippen LogP contribution in [0.2, 0.25) is 0 Å². The van der Waals surface area contributed by atoms with E-state index in [-0.39, 0.29) is 11.5 Å². The normalized spacial score (nSPS) is 12.6. The Bertz CT molecular complexity index is 1550. The predicted molar refractivity (Wildman–Crippen MR) is 139 cm³/mol. The van der Waals surface area contributed by atoms with E-state index >= 15 is 0 Å². The fraction of sp³-hybridized carbons (Fsp3) is 0. The van der Waals surface area contributed by atoms with Crippen molar-refractivity contribution in [2.24, 2.45) is 0 Å². The first-order valence-corrected chi connectivity index (χ1v) is 11.4. The Morgan fingerprint density at radius 1 is 0.389 bits per heavy atom. The smallest absolute Gasteiger partial charge is 0.183 e. The SMILES string of the molecule is Oc1ccc(N2c3nc4ccccc4nc3N(c3ccc(O)cc3)c3nc4ccccc4nc32)cc1. The maximum absolute atomic E-state index is 9.94. The van der Waals surface area contributed by atoms with E-state index in [2.05, 4.69) is 0 Å². The van der Waals surface area contributed by atoms with E-state index in [1.54, 1.807) is 24.3 Å². The molecule has 2 N–H and O–H groups in total. The molecule has 172 valence electrons. The second-order valence-electron chi connectivity index (χ2n) is 8.42. The lowest BCUT2D eigenvalue weighted by atomic mass is 10.2. The molecule has 0 spiro atoms. The first kappa shape index (κ1) is 20.2. The minimum absolute atomic E-state index is 0.163. The summed E-state index contributed by atoms with van der Waals surface area (Å²) < 4.78 is 0. The maximum Gasteiger partial charge on any atom is 0.183 e. The molecule has 0 saturated heterocycles. The minimum atomic E-state index is 0.163. The van der Waals surface area contributed by atoms with Crippen LogP contribution in [-0.2, 0) is 0 Å². The number of para-hydroxylation sites is 4. The van der Waals surface area contributed by atoms with Crippen molar-refractivity contribution in [1.29, 1.82) is 0 Å². The van der Waals surface area contributed by atoms with Crippen molar-refractivity contribution in [3.05, 3.63) is 97.1 Å². The highest BCUT2D eigenvalue weighted by atomic mass is 16.3. The van der Waals surface area contributed by atoms with E-state index < -0.39 is 0 Å². The molecule has 4 aromatic carbocycles. The van der Waals surface area contributed by atoms with Crippen molar-refractivity contribution in [1.82, 2.24) is 19.9 Å². The van der Waals surface area contributed by atoms with Gasteiger partial charge in [0, 0.05) is 11.4 Å².